The molecule has 0 aromatic heterocycles. The van der Waals surface area contributed by atoms with Gasteiger partial charge >= 0.3 is 0 Å². The van der Waals surface area contributed by atoms with Gasteiger partial charge in [0.2, 0.25) is 5.91 Å². The number of halogens is 1. The monoisotopic (exact) mass is 278 g/mol. The zero-order valence-corrected chi connectivity index (χ0v) is 11.7. The average molecular weight is 278 g/mol. The van der Waals surface area contributed by atoms with E-state index in [1.165, 1.54) is 12.1 Å². The Labute approximate surface area is 118 Å². The molecule has 0 bridgehead atoms. The van der Waals surface area contributed by atoms with E-state index < -0.39 is 5.82 Å². The van der Waals surface area contributed by atoms with Crippen molar-refractivity contribution in [2.45, 2.75) is 13.3 Å². The van der Waals surface area contributed by atoms with Crippen molar-refractivity contribution in [3.63, 3.8) is 0 Å². The average Bonchev–Trinajstić information content (AvgIpc) is 2.39. The van der Waals surface area contributed by atoms with Gasteiger partial charge in [-0.2, -0.15) is 5.26 Å². The first-order valence-electron chi connectivity index (χ1n) is 6.35. The van der Waals surface area contributed by atoms with Crippen LogP contribution in [0.25, 0.3) is 0 Å². The van der Waals surface area contributed by atoms with E-state index in [9.17, 15) is 9.18 Å². The third-order valence-corrected chi connectivity index (χ3v) is 2.81. The maximum atomic E-state index is 12.9. The van der Waals surface area contributed by atoms with Gasteiger partial charge in [0.15, 0.2) is 0 Å². The number of nitrogens with one attached hydrogen (secondary N) is 1. The molecule has 1 aromatic rings. The molecule has 20 heavy (non-hydrogen) atoms. The van der Waals surface area contributed by atoms with E-state index in [2.05, 4.69) is 11.4 Å². The van der Waals surface area contributed by atoms with Gasteiger partial charge in [-0.05, 0) is 32.2 Å². The number of nitrogens with zero attached hydrogens (tertiary/aromatic N) is 2. The lowest BCUT2D eigenvalue weighted by molar-refractivity contribution is -0.116. The highest BCUT2D eigenvalue weighted by molar-refractivity contribution is 5.93. The lowest BCUT2D eigenvalue weighted by atomic mass is 10.2. The number of benzene rings is 1. The molecule has 3 N–H and O–H groups in total. The Balaban J connectivity index is 2.42. The summed E-state index contributed by atoms with van der Waals surface area (Å²) in [6.07, 6.45) is 0.283. The van der Waals surface area contributed by atoms with Crippen molar-refractivity contribution in [3.8, 4) is 6.07 Å². The zero-order valence-electron chi connectivity index (χ0n) is 11.7. The maximum Gasteiger partial charge on any atom is 0.225 e. The normalized spacial score (nSPS) is 11.9. The third-order valence-electron chi connectivity index (χ3n) is 2.81. The van der Waals surface area contributed by atoms with Crippen LogP contribution in [0.4, 0.5) is 15.8 Å². The van der Waals surface area contributed by atoms with Crippen LogP contribution in [0.1, 0.15) is 13.3 Å². The summed E-state index contributed by atoms with van der Waals surface area (Å²) in [7, 11) is 1.85. The summed E-state index contributed by atoms with van der Waals surface area (Å²) >= 11 is 0. The molecule has 1 aromatic carbocycles. The Morgan fingerprint density at radius 3 is 2.90 bits per heavy atom. The molecule has 1 atom stereocenters. The van der Waals surface area contributed by atoms with Crippen molar-refractivity contribution >= 4 is 17.3 Å². The largest absolute Gasteiger partial charge is 0.397 e. The molecule has 6 heteroatoms. The van der Waals surface area contributed by atoms with Crippen molar-refractivity contribution in [2.75, 3.05) is 31.2 Å². The third kappa shape index (κ3) is 5.24. The molecule has 0 saturated carbocycles. The van der Waals surface area contributed by atoms with Crippen molar-refractivity contribution < 1.29 is 9.18 Å². The first kappa shape index (κ1) is 15.9. The molecular formula is C14H19FN4O. The van der Waals surface area contributed by atoms with E-state index in [-0.39, 0.29) is 23.9 Å². The van der Waals surface area contributed by atoms with Crippen LogP contribution in [0.3, 0.4) is 0 Å². The SMILES string of the molecule is CC(C#N)CN(C)CCC(=O)Nc1ccc(F)cc1N. The highest BCUT2D eigenvalue weighted by Gasteiger charge is 2.09. The first-order valence-corrected chi connectivity index (χ1v) is 6.35. The molecule has 108 valence electrons. The quantitative estimate of drug-likeness (QED) is 0.778. The number of rotatable bonds is 6. The number of anilines is 2. The molecule has 0 fully saturated rings. The summed E-state index contributed by atoms with van der Waals surface area (Å²) in [5.41, 5.74) is 6.21. The second kappa shape index (κ2) is 7.46. The number of carbonyl (C=O) groups is 1. The number of nitrogens with two attached hydrogens (primary N) is 1. The lowest BCUT2D eigenvalue weighted by Gasteiger charge is -2.17. The van der Waals surface area contributed by atoms with Crippen LogP contribution >= 0.6 is 0 Å². The van der Waals surface area contributed by atoms with Crippen LogP contribution in [0, 0.1) is 23.1 Å². The molecule has 0 radical (unpaired) electrons. The lowest BCUT2D eigenvalue weighted by Crippen LogP contribution is -2.28. The van der Waals surface area contributed by atoms with E-state index in [4.69, 9.17) is 11.0 Å². The minimum Gasteiger partial charge on any atom is -0.397 e. The molecule has 0 heterocycles. The fourth-order valence-corrected chi connectivity index (χ4v) is 1.75. The zero-order chi connectivity index (χ0) is 15.1. The molecule has 0 aliphatic heterocycles. The van der Waals surface area contributed by atoms with E-state index >= 15 is 0 Å². The predicted molar refractivity (Wildman–Crippen MR) is 76.3 cm³/mol. The van der Waals surface area contributed by atoms with Crippen LogP contribution in [0.2, 0.25) is 0 Å². The Kier molecular flexibility index (Phi) is 5.94. The number of hydrogen-bond acceptors (Lipinski definition) is 4. The van der Waals surface area contributed by atoms with E-state index in [0.717, 1.165) is 6.07 Å². The van der Waals surface area contributed by atoms with Gasteiger partial charge in [0.1, 0.15) is 5.82 Å². The molecule has 5 nitrogen and oxygen atoms in total. The molecular weight excluding hydrogens is 259 g/mol. The molecule has 0 aliphatic rings. The second-order valence-corrected chi connectivity index (χ2v) is 4.82. The fourth-order valence-electron chi connectivity index (χ4n) is 1.75. The highest BCUT2D eigenvalue weighted by atomic mass is 19.1. The molecule has 0 aliphatic carbocycles. The van der Waals surface area contributed by atoms with Gasteiger partial charge in [-0.1, -0.05) is 0 Å². The summed E-state index contributed by atoms with van der Waals surface area (Å²) in [5.74, 6) is -0.707. The van der Waals surface area contributed by atoms with Crippen LogP contribution in [0.15, 0.2) is 18.2 Å². The van der Waals surface area contributed by atoms with Crippen LogP contribution in [-0.2, 0) is 4.79 Å². The first-order chi connectivity index (χ1) is 9.42. The minimum absolute atomic E-state index is 0.0733. The van der Waals surface area contributed by atoms with Gasteiger partial charge in [0.05, 0.1) is 23.4 Å². The number of nitriles is 1. The van der Waals surface area contributed by atoms with Crippen LogP contribution in [0.5, 0.6) is 0 Å². The summed E-state index contributed by atoms with van der Waals surface area (Å²) < 4.78 is 12.9. The summed E-state index contributed by atoms with van der Waals surface area (Å²) in [5, 5.41) is 11.3. The number of amides is 1. The second-order valence-electron chi connectivity index (χ2n) is 4.82. The highest BCUT2D eigenvalue weighted by Crippen LogP contribution is 2.19. The fraction of sp³-hybridized carbons (Fsp3) is 0.429. The smallest absolute Gasteiger partial charge is 0.225 e. The van der Waals surface area contributed by atoms with Gasteiger partial charge < -0.3 is 16.0 Å². The van der Waals surface area contributed by atoms with E-state index in [1.807, 2.05) is 18.9 Å². The Bertz CT molecular complexity index is 512. The minimum atomic E-state index is -0.439. The number of carbonyl (C=O) groups excluding carboxylic acids is 1. The predicted octanol–water partition coefficient (Wildman–Crippen LogP) is 1.83. The Hall–Kier alpha value is -2.13. The van der Waals surface area contributed by atoms with Crippen molar-refractivity contribution in [1.82, 2.24) is 4.90 Å². The summed E-state index contributed by atoms with van der Waals surface area (Å²) in [6.45, 7) is 2.98. The van der Waals surface area contributed by atoms with Gasteiger partial charge in [0.25, 0.3) is 0 Å². The molecule has 1 unspecified atom stereocenters. The molecule has 0 spiro atoms. The molecule has 1 amide bonds. The van der Waals surface area contributed by atoms with Crippen molar-refractivity contribution in [3.05, 3.63) is 24.0 Å². The van der Waals surface area contributed by atoms with Crippen molar-refractivity contribution in [2.24, 2.45) is 5.92 Å². The Morgan fingerprint density at radius 2 is 2.30 bits per heavy atom. The van der Waals surface area contributed by atoms with Crippen molar-refractivity contribution in [1.29, 1.82) is 5.26 Å². The van der Waals surface area contributed by atoms with Gasteiger partial charge in [0, 0.05) is 19.5 Å². The standard InChI is InChI=1S/C14H19FN4O/c1-10(8-16)9-19(2)6-5-14(20)18-13-4-3-11(15)7-12(13)17/h3-4,7,10H,5-6,9,17H2,1-2H3,(H,18,20). The number of nitrogen functional groups attached to an aromatic ring is 1. The van der Waals surface area contributed by atoms with E-state index in [1.54, 1.807) is 0 Å². The van der Waals surface area contributed by atoms with Crippen LogP contribution in [-0.4, -0.2) is 30.9 Å². The Morgan fingerprint density at radius 1 is 1.60 bits per heavy atom. The number of hydrogen-bond donors (Lipinski definition) is 2. The van der Waals surface area contributed by atoms with Gasteiger partial charge in [-0.25, -0.2) is 4.39 Å². The topological polar surface area (TPSA) is 82.2 Å². The van der Waals surface area contributed by atoms with E-state index in [0.29, 0.717) is 18.8 Å². The summed E-state index contributed by atoms with van der Waals surface area (Å²) in [4.78, 5) is 13.7. The summed E-state index contributed by atoms with van der Waals surface area (Å²) in [6, 6.07) is 5.98. The molecule has 1 rings (SSSR count). The molecule has 0 saturated heterocycles. The maximum absolute atomic E-state index is 12.9. The van der Waals surface area contributed by atoms with Crippen LogP contribution < -0.4 is 11.1 Å². The van der Waals surface area contributed by atoms with Gasteiger partial charge in [-0.15, -0.1) is 0 Å². The van der Waals surface area contributed by atoms with Gasteiger partial charge in [-0.3, -0.25) is 4.79 Å².